The molecule has 9 heteroatoms. The van der Waals surface area contributed by atoms with Crippen LogP contribution in [0.4, 0.5) is 13.2 Å². The third kappa shape index (κ3) is 7.17. The SMILES string of the molecule is COC(=O)Cc1ccc(OC)c(-c2ccc(C(F)(F)F)cc2CN(C2CCC2)C(O)OCc2ccccc2)c1. The topological polar surface area (TPSA) is 68.2 Å². The van der Waals surface area contributed by atoms with Crippen molar-refractivity contribution in [1.29, 1.82) is 0 Å². The molecule has 1 saturated carbocycles. The van der Waals surface area contributed by atoms with Crippen molar-refractivity contribution in [3.8, 4) is 16.9 Å². The van der Waals surface area contributed by atoms with Crippen molar-refractivity contribution in [2.75, 3.05) is 14.2 Å². The molecule has 1 aliphatic carbocycles. The average molecular weight is 544 g/mol. The van der Waals surface area contributed by atoms with Gasteiger partial charge in [-0.1, -0.05) is 48.9 Å². The van der Waals surface area contributed by atoms with Crippen molar-refractivity contribution in [3.63, 3.8) is 0 Å². The molecular formula is C30H32F3NO5. The molecule has 3 aromatic carbocycles. The molecule has 3 aromatic rings. The van der Waals surface area contributed by atoms with Gasteiger partial charge in [0, 0.05) is 18.2 Å². The number of benzene rings is 3. The Morgan fingerprint density at radius 3 is 2.36 bits per heavy atom. The minimum absolute atomic E-state index is 0.00367. The minimum atomic E-state index is -4.55. The number of ether oxygens (including phenoxy) is 3. The van der Waals surface area contributed by atoms with Crippen LogP contribution >= 0.6 is 0 Å². The Kier molecular flexibility index (Phi) is 9.27. The fourth-order valence-corrected chi connectivity index (χ4v) is 4.62. The van der Waals surface area contributed by atoms with E-state index in [2.05, 4.69) is 0 Å². The Labute approximate surface area is 225 Å². The van der Waals surface area contributed by atoms with E-state index in [0.717, 1.165) is 37.0 Å². The summed E-state index contributed by atoms with van der Waals surface area (Å²) in [5.41, 5.74) is 2.11. The van der Waals surface area contributed by atoms with Gasteiger partial charge in [-0.2, -0.15) is 13.2 Å². The molecule has 1 atom stereocenters. The molecule has 4 rings (SSSR count). The smallest absolute Gasteiger partial charge is 0.416 e. The Balaban J connectivity index is 1.71. The van der Waals surface area contributed by atoms with E-state index in [9.17, 15) is 23.1 Å². The van der Waals surface area contributed by atoms with Gasteiger partial charge in [-0.15, -0.1) is 0 Å². The lowest BCUT2D eigenvalue weighted by atomic mass is 9.90. The van der Waals surface area contributed by atoms with Gasteiger partial charge >= 0.3 is 12.1 Å². The fraction of sp³-hybridized carbons (Fsp3) is 0.367. The summed E-state index contributed by atoms with van der Waals surface area (Å²) in [6.45, 7) is 0.175. The third-order valence-electron chi connectivity index (χ3n) is 6.99. The lowest BCUT2D eigenvalue weighted by Crippen LogP contribution is -2.47. The first-order valence-electron chi connectivity index (χ1n) is 12.7. The standard InChI is InChI=1S/C30H32F3NO5/c1-37-27-14-11-21(16-28(35)38-2)15-26(27)25-13-12-23(30(31,32)33)17-22(25)18-34(24-9-6-10-24)29(36)39-19-20-7-4-3-5-8-20/h3-5,7-8,11-15,17,24,29,36H,6,9-10,16,18-19H2,1-2H3. The number of halogens is 3. The molecule has 1 fully saturated rings. The molecule has 1 unspecified atom stereocenters. The number of hydrogen-bond acceptors (Lipinski definition) is 6. The second-order valence-electron chi connectivity index (χ2n) is 9.54. The van der Waals surface area contributed by atoms with Gasteiger partial charge in [0.1, 0.15) is 5.75 Å². The molecule has 0 radical (unpaired) electrons. The monoisotopic (exact) mass is 543 g/mol. The van der Waals surface area contributed by atoms with Crippen LogP contribution in [0.1, 0.15) is 41.5 Å². The van der Waals surface area contributed by atoms with E-state index >= 15 is 0 Å². The number of nitrogens with zero attached hydrogens (tertiary/aromatic N) is 1. The third-order valence-corrected chi connectivity index (χ3v) is 6.99. The zero-order chi connectivity index (χ0) is 28.0. The Bertz CT molecular complexity index is 1260. The van der Waals surface area contributed by atoms with E-state index in [1.54, 1.807) is 23.1 Å². The molecule has 0 aliphatic heterocycles. The quantitative estimate of drug-likeness (QED) is 0.238. The molecule has 0 saturated heterocycles. The first kappa shape index (κ1) is 28.6. The highest BCUT2D eigenvalue weighted by molar-refractivity contribution is 5.77. The van der Waals surface area contributed by atoms with E-state index < -0.39 is 24.1 Å². The lowest BCUT2D eigenvalue weighted by molar-refractivity contribution is -0.222. The number of carbonyl (C=O) groups excluding carboxylic acids is 1. The van der Waals surface area contributed by atoms with E-state index in [1.807, 2.05) is 30.3 Å². The largest absolute Gasteiger partial charge is 0.496 e. The minimum Gasteiger partial charge on any atom is -0.496 e. The highest BCUT2D eigenvalue weighted by atomic mass is 19.4. The van der Waals surface area contributed by atoms with Crippen LogP contribution in [0.5, 0.6) is 5.75 Å². The number of alkyl halides is 3. The van der Waals surface area contributed by atoms with Crippen molar-refractivity contribution in [2.24, 2.45) is 0 Å². The normalized spacial score (nSPS) is 14.6. The van der Waals surface area contributed by atoms with Gasteiger partial charge in [0.25, 0.3) is 0 Å². The molecule has 0 heterocycles. The molecule has 0 aromatic heterocycles. The molecule has 6 nitrogen and oxygen atoms in total. The van der Waals surface area contributed by atoms with Crippen LogP contribution in [0.25, 0.3) is 11.1 Å². The zero-order valence-corrected chi connectivity index (χ0v) is 21.9. The molecule has 39 heavy (non-hydrogen) atoms. The average Bonchev–Trinajstić information content (AvgIpc) is 2.90. The van der Waals surface area contributed by atoms with Gasteiger partial charge in [0.05, 0.1) is 32.8 Å². The summed E-state index contributed by atoms with van der Waals surface area (Å²) >= 11 is 0. The molecule has 0 spiro atoms. The van der Waals surface area contributed by atoms with Gasteiger partial charge in [-0.25, -0.2) is 4.90 Å². The van der Waals surface area contributed by atoms with E-state index in [-0.39, 0.29) is 25.6 Å². The first-order valence-corrected chi connectivity index (χ1v) is 12.7. The highest BCUT2D eigenvalue weighted by Crippen LogP contribution is 2.39. The Morgan fingerprint density at radius 1 is 1.00 bits per heavy atom. The summed E-state index contributed by atoms with van der Waals surface area (Å²) in [5, 5.41) is 11.0. The zero-order valence-electron chi connectivity index (χ0n) is 21.9. The first-order chi connectivity index (χ1) is 18.7. The number of rotatable bonds is 11. The van der Waals surface area contributed by atoms with Crippen LogP contribution in [0.2, 0.25) is 0 Å². The molecular weight excluding hydrogens is 511 g/mol. The van der Waals surface area contributed by atoms with Crippen molar-refractivity contribution in [2.45, 2.75) is 57.5 Å². The molecule has 0 amide bonds. The van der Waals surface area contributed by atoms with Crippen molar-refractivity contribution >= 4 is 5.97 Å². The van der Waals surface area contributed by atoms with E-state index in [0.29, 0.717) is 28.0 Å². The van der Waals surface area contributed by atoms with Gasteiger partial charge < -0.3 is 19.3 Å². The van der Waals surface area contributed by atoms with Crippen molar-refractivity contribution in [1.82, 2.24) is 4.90 Å². The maximum atomic E-state index is 13.8. The summed E-state index contributed by atoms with van der Waals surface area (Å²) in [6, 6.07) is 18.0. The maximum absolute atomic E-state index is 13.8. The molecule has 208 valence electrons. The molecule has 1 aliphatic rings. The number of aliphatic hydroxyl groups excluding tert-OH is 1. The number of carbonyl (C=O) groups is 1. The van der Waals surface area contributed by atoms with Crippen molar-refractivity contribution < 1.29 is 37.3 Å². The van der Waals surface area contributed by atoms with E-state index in [1.165, 1.54) is 20.3 Å². The predicted molar refractivity (Wildman–Crippen MR) is 140 cm³/mol. The van der Waals surface area contributed by atoms with Gasteiger partial charge in [-0.05, 0) is 59.4 Å². The van der Waals surface area contributed by atoms with Crippen LogP contribution < -0.4 is 4.74 Å². The number of aliphatic hydroxyl groups is 1. The second-order valence-corrected chi connectivity index (χ2v) is 9.54. The van der Waals surface area contributed by atoms with Crippen LogP contribution in [0.3, 0.4) is 0 Å². The number of methoxy groups -OCH3 is 2. The molecule has 0 bridgehead atoms. The summed E-state index contributed by atoms with van der Waals surface area (Å²) < 4.78 is 57.4. The summed E-state index contributed by atoms with van der Waals surface area (Å²) in [7, 11) is 2.77. The number of hydrogen-bond donors (Lipinski definition) is 1. The second kappa shape index (κ2) is 12.6. The summed E-state index contributed by atoms with van der Waals surface area (Å²) in [4.78, 5) is 13.6. The predicted octanol–water partition coefficient (Wildman–Crippen LogP) is 5.94. The Hall–Kier alpha value is -3.40. The summed E-state index contributed by atoms with van der Waals surface area (Å²) in [6.07, 6.45) is -3.29. The highest BCUT2D eigenvalue weighted by Gasteiger charge is 2.34. The summed E-state index contributed by atoms with van der Waals surface area (Å²) in [5.74, 6) is 0.00861. The van der Waals surface area contributed by atoms with Crippen LogP contribution in [0, 0.1) is 0 Å². The van der Waals surface area contributed by atoms with Crippen molar-refractivity contribution in [3.05, 3.63) is 89.0 Å². The lowest BCUT2D eigenvalue weighted by Gasteiger charge is -2.40. The van der Waals surface area contributed by atoms with Crippen LogP contribution in [-0.4, -0.2) is 42.7 Å². The van der Waals surface area contributed by atoms with Crippen LogP contribution in [0.15, 0.2) is 66.7 Å². The van der Waals surface area contributed by atoms with Gasteiger partial charge in [0.2, 0.25) is 6.41 Å². The van der Waals surface area contributed by atoms with E-state index in [4.69, 9.17) is 14.2 Å². The van der Waals surface area contributed by atoms with Gasteiger partial charge in [0.15, 0.2) is 0 Å². The number of esters is 1. The fourth-order valence-electron chi connectivity index (χ4n) is 4.62. The van der Waals surface area contributed by atoms with Gasteiger partial charge in [-0.3, -0.25) is 4.79 Å². The Morgan fingerprint density at radius 2 is 1.74 bits per heavy atom. The maximum Gasteiger partial charge on any atom is 0.416 e. The molecule has 1 N–H and O–H groups in total. The van der Waals surface area contributed by atoms with Crippen LogP contribution in [-0.2, 0) is 40.0 Å².